The molecule has 0 heterocycles. The van der Waals surface area contributed by atoms with Gasteiger partial charge in [0.15, 0.2) is 0 Å². The summed E-state index contributed by atoms with van der Waals surface area (Å²) in [4.78, 5) is 11.5. The number of rotatable bonds is 3. The molecule has 0 N–H and O–H groups in total. The third kappa shape index (κ3) is 2.92. The number of benzene rings is 1. The molecule has 96 valence electrons. The van der Waals surface area contributed by atoms with Crippen molar-refractivity contribution in [3.05, 3.63) is 41.5 Å². The van der Waals surface area contributed by atoms with E-state index in [1.165, 1.54) is 7.11 Å². The maximum Gasteiger partial charge on any atom is 0.333 e. The van der Waals surface area contributed by atoms with E-state index in [1.807, 2.05) is 37.3 Å². The number of carbonyl (C=O) groups is 1. The number of ether oxygens (including phenoxy) is 2. The molecular formula is C15H18O3. The monoisotopic (exact) mass is 246 g/mol. The van der Waals surface area contributed by atoms with Crippen LogP contribution in [-0.2, 0) is 9.53 Å². The molecule has 2 rings (SSSR count). The minimum Gasteiger partial charge on any atom is -0.486 e. The van der Waals surface area contributed by atoms with Crippen LogP contribution in [-0.4, -0.2) is 19.2 Å². The van der Waals surface area contributed by atoms with Crippen LogP contribution in [0, 0.1) is 6.92 Å². The smallest absolute Gasteiger partial charge is 0.333 e. The van der Waals surface area contributed by atoms with Crippen molar-refractivity contribution in [2.45, 2.75) is 32.3 Å². The average Bonchev–Trinajstić information content (AvgIpc) is 2.41. The van der Waals surface area contributed by atoms with Crippen LogP contribution in [0.15, 0.2) is 35.9 Å². The summed E-state index contributed by atoms with van der Waals surface area (Å²) in [5.41, 5.74) is 1.83. The van der Waals surface area contributed by atoms with Gasteiger partial charge < -0.3 is 9.47 Å². The summed E-state index contributed by atoms with van der Waals surface area (Å²) in [6.07, 6.45) is 4.53. The highest BCUT2D eigenvalue weighted by molar-refractivity contribution is 5.88. The minimum atomic E-state index is -0.243. The molecule has 0 spiro atoms. The summed E-state index contributed by atoms with van der Waals surface area (Å²) in [5, 5.41) is 0. The molecule has 18 heavy (non-hydrogen) atoms. The first kappa shape index (κ1) is 12.7. The second kappa shape index (κ2) is 5.71. The van der Waals surface area contributed by atoms with Crippen molar-refractivity contribution in [1.82, 2.24) is 0 Å². The highest BCUT2D eigenvalue weighted by atomic mass is 16.5. The van der Waals surface area contributed by atoms with Gasteiger partial charge in [-0.3, -0.25) is 0 Å². The van der Waals surface area contributed by atoms with Crippen LogP contribution in [0.2, 0.25) is 0 Å². The van der Waals surface area contributed by atoms with Crippen molar-refractivity contribution >= 4 is 5.97 Å². The zero-order valence-corrected chi connectivity index (χ0v) is 10.8. The van der Waals surface area contributed by atoms with Gasteiger partial charge in [0.05, 0.1) is 7.11 Å². The summed E-state index contributed by atoms with van der Waals surface area (Å²) in [6, 6.07) is 7.91. The number of hydrogen-bond acceptors (Lipinski definition) is 3. The van der Waals surface area contributed by atoms with Gasteiger partial charge in [-0.2, -0.15) is 0 Å². The lowest BCUT2D eigenvalue weighted by atomic mass is 9.97. The Hall–Kier alpha value is -1.77. The van der Waals surface area contributed by atoms with E-state index in [1.54, 1.807) is 0 Å². The summed E-state index contributed by atoms with van der Waals surface area (Å²) in [5.74, 6) is 0.637. The fourth-order valence-electron chi connectivity index (χ4n) is 2.13. The Morgan fingerprint density at radius 2 is 2.11 bits per heavy atom. The van der Waals surface area contributed by atoms with E-state index in [0.717, 1.165) is 36.1 Å². The number of methoxy groups -OCH3 is 1. The van der Waals surface area contributed by atoms with E-state index in [0.29, 0.717) is 0 Å². The summed E-state index contributed by atoms with van der Waals surface area (Å²) < 4.78 is 10.7. The highest BCUT2D eigenvalue weighted by Gasteiger charge is 2.20. The van der Waals surface area contributed by atoms with Gasteiger partial charge in [0.2, 0.25) is 0 Å². The quantitative estimate of drug-likeness (QED) is 0.769. The Kier molecular flexibility index (Phi) is 4.03. The topological polar surface area (TPSA) is 35.5 Å². The second-order valence-electron chi connectivity index (χ2n) is 4.50. The van der Waals surface area contributed by atoms with Crippen LogP contribution < -0.4 is 4.74 Å². The molecule has 0 fully saturated rings. The predicted octanol–water partition coefficient (Wildman–Crippen LogP) is 3.03. The fraction of sp³-hybridized carbons (Fsp3) is 0.400. The number of aryl methyl sites for hydroxylation is 1. The number of esters is 1. The largest absolute Gasteiger partial charge is 0.486 e. The SMILES string of the molecule is COC(=O)C1=CC(Oc2ccccc2C)CCC1. The third-order valence-corrected chi connectivity index (χ3v) is 3.14. The molecule has 1 aromatic carbocycles. The van der Waals surface area contributed by atoms with Gasteiger partial charge in [0.25, 0.3) is 0 Å². The summed E-state index contributed by atoms with van der Waals surface area (Å²) in [6.45, 7) is 2.02. The Labute approximate surface area is 107 Å². The first-order valence-electron chi connectivity index (χ1n) is 6.22. The minimum absolute atomic E-state index is 0.0334. The number of para-hydroxylation sites is 1. The van der Waals surface area contributed by atoms with Crippen LogP contribution >= 0.6 is 0 Å². The third-order valence-electron chi connectivity index (χ3n) is 3.14. The molecule has 1 atom stereocenters. The predicted molar refractivity (Wildman–Crippen MR) is 69.5 cm³/mol. The van der Waals surface area contributed by atoms with E-state index in [9.17, 15) is 4.79 Å². The van der Waals surface area contributed by atoms with E-state index in [4.69, 9.17) is 9.47 Å². The zero-order valence-electron chi connectivity index (χ0n) is 10.8. The summed E-state index contributed by atoms with van der Waals surface area (Å²) >= 11 is 0. The van der Waals surface area contributed by atoms with Crippen LogP contribution in [0.25, 0.3) is 0 Å². The Morgan fingerprint density at radius 3 is 2.83 bits per heavy atom. The Morgan fingerprint density at radius 1 is 1.33 bits per heavy atom. The molecule has 0 saturated carbocycles. The van der Waals surface area contributed by atoms with Crippen molar-refractivity contribution in [1.29, 1.82) is 0 Å². The highest BCUT2D eigenvalue weighted by Crippen LogP contribution is 2.25. The van der Waals surface area contributed by atoms with Gasteiger partial charge in [-0.1, -0.05) is 18.2 Å². The Balaban J connectivity index is 2.10. The van der Waals surface area contributed by atoms with Crippen molar-refractivity contribution in [2.75, 3.05) is 7.11 Å². The van der Waals surface area contributed by atoms with Gasteiger partial charge in [-0.15, -0.1) is 0 Å². The molecule has 3 nitrogen and oxygen atoms in total. The molecule has 0 aromatic heterocycles. The molecule has 0 aliphatic heterocycles. The van der Waals surface area contributed by atoms with E-state index in [-0.39, 0.29) is 12.1 Å². The molecule has 0 amide bonds. The van der Waals surface area contributed by atoms with E-state index < -0.39 is 0 Å². The molecule has 3 heteroatoms. The second-order valence-corrected chi connectivity index (χ2v) is 4.50. The first-order valence-corrected chi connectivity index (χ1v) is 6.22. The lowest BCUT2D eigenvalue weighted by molar-refractivity contribution is -0.136. The summed E-state index contributed by atoms with van der Waals surface area (Å²) in [7, 11) is 1.41. The molecule has 1 aliphatic rings. The maximum absolute atomic E-state index is 11.5. The lowest BCUT2D eigenvalue weighted by Gasteiger charge is -2.22. The van der Waals surface area contributed by atoms with Crippen molar-refractivity contribution < 1.29 is 14.3 Å². The Bertz CT molecular complexity index is 463. The van der Waals surface area contributed by atoms with Crippen molar-refractivity contribution in [2.24, 2.45) is 0 Å². The average molecular weight is 246 g/mol. The van der Waals surface area contributed by atoms with Gasteiger partial charge in [-0.05, 0) is 43.9 Å². The maximum atomic E-state index is 11.5. The number of carbonyl (C=O) groups excluding carboxylic acids is 1. The van der Waals surface area contributed by atoms with Crippen LogP contribution in [0.1, 0.15) is 24.8 Å². The van der Waals surface area contributed by atoms with Gasteiger partial charge >= 0.3 is 5.97 Å². The van der Waals surface area contributed by atoms with Crippen LogP contribution in [0.3, 0.4) is 0 Å². The normalized spacial score (nSPS) is 19.0. The van der Waals surface area contributed by atoms with Gasteiger partial charge in [-0.25, -0.2) is 4.79 Å². The van der Waals surface area contributed by atoms with E-state index >= 15 is 0 Å². The molecule has 0 bridgehead atoms. The van der Waals surface area contributed by atoms with Crippen LogP contribution in [0.5, 0.6) is 5.75 Å². The molecule has 0 saturated heterocycles. The standard InChI is InChI=1S/C15H18O3/c1-11-6-3-4-9-14(11)18-13-8-5-7-12(10-13)15(16)17-2/h3-4,6,9-10,13H,5,7-8H2,1-2H3. The fourth-order valence-corrected chi connectivity index (χ4v) is 2.13. The van der Waals surface area contributed by atoms with Gasteiger partial charge in [0, 0.05) is 5.57 Å². The molecule has 1 aromatic rings. The molecule has 1 aliphatic carbocycles. The van der Waals surface area contributed by atoms with Crippen molar-refractivity contribution in [3.63, 3.8) is 0 Å². The molecular weight excluding hydrogens is 228 g/mol. The first-order chi connectivity index (χ1) is 8.70. The molecule has 0 radical (unpaired) electrons. The van der Waals surface area contributed by atoms with Crippen LogP contribution in [0.4, 0.5) is 0 Å². The molecule has 1 unspecified atom stereocenters. The van der Waals surface area contributed by atoms with E-state index in [2.05, 4.69) is 0 Å². The van der Waals surface area contributed by atoms with Gasteiger partial charge in [0.1, 0.15) is 11.9 Å². The zero-order chi connectivity index (χ0) is 13.0. The lowest BCUT2D eigenvalue weighted by Crippen LogP contribution is -2.21. The number of hydrogen-bond donors (Lipinski definition) is 0. The van der Waals surface area contributed by atoms with Crippen molar-refractivity contribution in [3.8, 4) is 5.75 Å².